The maximum atomic E-state index is 12.0. The summed E-state index contributed by atoms with van der Waals surface area (Å²) in [4.78, 5) is 16.5. The molecular weight excluding hydrogens is 246 g/mol. The molecule has 2 aromatic rings. The number of aromatic nitrogens is 1. The van der Waals surface area contributed by atoms with Gasteiger partial charge in [-0.3, -0.25) is 4.79 Å². The highest BCUT2D eigenvalue weighted by molar-refractivity contribution is 7.18. The standard InChI is InChI=1S/C14H15NO2S/c1-9-15-11-5-4-10(8-12(11)18-9)14(6-3-7-14)13(16)17-2/h4-5,8H,3,6-7H2,1-2H3. The molecule has 1 aliphatic rings. The number of esters is 1. The van der Waals surface area contributed by atoms with Crippen molar-refractivity contribution in [2.24, 2.45) is 0 Å². The Bertz CT molecular complexity index is 613. The second-order valence-electron chi connectivity index (χ2n) is 4.84. The summed E-state index contributed by atoms with van der Waals surface area (Å²) in [6.07, 6.45) is 2.88. The third-order valence-electron chi connectivity index (χ3n) is 3.83. The molecule has 0 amide bonds. The minimum absolute atomic E-state index is 0.102. The van der Waals surface area contributed by atoms with Gasteiger partial charge in [-0.1, -0.05) is 12.5 Å². The van der Waals surface area contributed by atoms with Crippen LogP contribution in [0.4, 0.5) is 0 Å². The Labute approximate surface area is 110 Å². The zero-order chi connectivity index (χ0) is 12.8. The number of thiazole rings is 1. The monoisotopic (exact) mass is 261 g/mol. The molecule has 1 aliphatic carbocycles. The molecule has 0 atom stereocenters. The molecular formula is C14H15NO2S. The third-order valence-corrected chi connectivity index (χ3v) is 4.76. The minimum Gasteiger partial charge on any atom is -0.468 e. The SMILES string of the molecule is COC(=O)C1(c2ccc3nc(C)sc3c2)CCC1. The summed E-state index contributed by atoms with van der Waals surface area (Å²) < 4.78 is 6.13. The first kappa shape index (κ1) is 11.7. The van der Waals surface area contributed by atoms with Gasteiger partial charge in [0.1, 0.15) is 0 Å². The van der Waals surface area contributed by atoms with Gasteiger partial charge in [-0.05, 0) is 37.5 Å². The number of aryl methyl sites for hydroxylation is 1. The van der Waals surface area contributed by atoms with Crippen molar-refractivity contribution < 1.29 is 9.53 Å². The maximum absolute atomic E-state index is 12.0. The molecule has 0 unspecified atom stereocenters. The number of ether oxygens (including phenoxy) is 1. The van der Waals surface area contributed by atoms with E-state index in [2.05, 4.69) is 11.1 Å². The van der Waals surface area contributed by atoms with Crippen LogP contribution in [0, 0.1) is 6.92 Å². The van der Waals surface area contributed by atoms with Crippen LogP contribution in [0.1, 0.15) is 29.8 Å². The second-order valence-corrected chi connectivity index (χ2v) is 6.08. The molecule has 94 valence electrons. The van der Waals surface area contributed by atoms with Crippen LogP contribution in [0.15, 0.2) is 18.2 Å². The summed E-state index contributed by atoms with van der Waals surface area (Å²) in [6.45, 7) is 2.00. The van der Waals surface area contributed by atoms with Crippen molar-refractivity contribution in [1.82, 2.24) is 4.98 Å². The topological polar surface area (TPSA) is 39.2 Å². The molecule has 1 aromatic heterocycles. The number of carbonyl (C=O) groups is 1. The van der Waals surface area contributed by atoms with Crippen molar-refractivity contribution in [3.05, 3.63) is 28.8 Å². The number of nitrogens with zero attached hydrogens (tertiary/aromatic N) is 1. The van der Waals surface area contributed by atoms with Gasteiger partial charge in [0.2, 0.25) is 0 Å². The molecule has 1 fully saturated rings. The molecule has 18 heavy (non-hydrogen) atoms. The number of methoxy groups -OCH3 is 1. The van der Waals surface area contributed by atoms with E-state index in [1.165, 1.54) is 7.11 Å². The Kier molecular flexibility index (Phi) is 2.63. The number of rotatable bonds is 2. The molecule has 1 aromatic carbocycles. The Hall–Kier alpha value is -1.42. The van der Waals surface area contributed by atoms with Crippen LogP contribution in [-0.4, -0.2) is 18.1 Å². The number of fused-ring (bicyclic) bond motifs is 1. The molecule has 0 bridgehead atoms. The number of hydrogen-bond acceptors (Lipinski definition) is 4. The second kappa shape index (κ2) is 4.05. The van der Waals surface area contributed by atoms with E-state index in [1.54, 1.807) is 11.3 Å². The van der Waals surface area contributed by atoms with E-state index in [9.17, 15) is 4.79 Å². The fourth-order valence-electron chi connectivity index (χ4n) is 2.67. The van der Waals surface area contributed by atoms with E-state index >= 15 is 0 Å². The van der Waals surface area contributed by atoms with Crippen LogP contribution in [0.5, 0.6) is 0 Å². The van der Waals surface area contributed by atoms with Gasteiger partial charge in [0, 0.05) is 0 Å². The van der Waals surface area contributed by atoms with Gasteiger partial charge in [-0.15, -0.1) is 11.3 Å². The largest absolute Gasteiger partial charge is 0.468 e. The first-order valence-corrected chi connectivity index (χ1v) is 6.93. The molecule has 3 rings (SSSR count). The first-order valence-electron chi connectivity index (χ1n) is 6.12. The quantitative estimate of drug-likeness (QED) is 0.779. The van der Waals surface area contributed by atoms with Gasteiger partial charge in [-0.25, -0.2) is 4.98 Å². The molecule has 1 heterocycles. The fraction of sp³-hybridized carbons (Fsp3) is 0.429. The van der Waals surface area contributed by atoms with E-state index in [0.717, 1.165) is 40.1 Å². The highest BCUT2D eigenvalue weighted by Gasteiger charge is 2.46. The fourth-order valence-corrected chi connectivity index (χ4v) is 3.54. The van der Waals surface area contributed by atoms with Gasteiger partial charge >= 0.3 is 5.97 Å². The summed E-state index contributed by atoms with van der Waals surface area (Å²) in [7, 11) is 1.47. The summed E-state index contributed by atoms with van der Waals surface area (Å²) in [5.74, 6) is -0.102. The molecule has 4 heteroatoms. The Morgan fingerprint density at radius 2 is 2.22 bits per heavy atom. The molecule has 3 nitrogen and oxygen atoms in total. The van der Waals surface area contributed by atoms with Crippen molar-refractivity contribution in [2.45, 2.75) is 31.6 Å². The van der Waals surface area contributed by atoms with Gasteiger partial charge < -0.3 is 4.74 Å². The van der Waals surface area contributed by atoms with Crippen LogP contribution >= 0.6 is 11.3 Å². The third kappa shape index (κ3) is 1.56. The first-order chi connectivity index (χ1) is 8.65. The van der Waals surface area contributed by atoms with Crippen LogP contribution in [0.2, 0.25) is 0 Å². The van der Waals surface area contributed by atoms with Gasteiger partial charge in [0.25, 0.3) is 0 Å². The molecule has 0 N–H and O–H groups in total. The average molecular weight is 261 g/mol. The van der Waals surface area contributed by atoms with Gasteiger partial charge in [-0.2, -0.15) is 0 Å². The van der Waals surface area contributed by atoms with Crippen molar-refractivity contribution >= 4 is 27.5 Å². The smallest absolute Gasteiger partial charge is 0.316 e. The van der Waals surface area contributed by atoms with Gasteiger partial charge in [0.15, 0.2) is 0 Å². The van der Waals surface area contributed by atoms with Crippen molar-refractivity contribution in [3.63, 3.8) is 0 Å². The highest BCUT2D eigenvalue weighted by atomic mass is 32.1. The van der Waals surface area contributed by atoms with Crippen molar-refractivity contribution in [1.29, 1.82) is 0 Å². The zero-order valence-electron chi connectivity index (χ0n) is 10.5. The molecule has 0 spiro atoms. The van der Waals surface area contributed by atoms with Crippen molar-refractivity contribution in [2.75, 3.05) is 7.11 Å². The lowest BCUT2D eigenvalue weighted by atomic mass is 9.64. The predicted molar refractivity (Wildman–Crippen MR) is 71.9 cm³/mol. The van der Waals surface area contributed by atoms with E-state index in [0.29, 0.717) is 0 Å². The van der Waals surface area contributed by atoms with Crippen LogP contribution in [-0.2, 0) is 14.9 Å². The van der Waals surface area contributed by atoms with Crippen LogP contribution < -0.4 is 0 Å². The highest BCUT2D eigenvalue weighted by Crippen LogP contribution is 2.45. The van der Waals surface area contributed by atoms with Crippen LogP contribution in [0.25, 0.3) is 10.2 Å². The minimum atomic E-state index is -0.402. The Morgan fingerprint density at radius 1 is 1.44 bits per heavy atom. The van der Waals surface area contributed by atoms with E-state index in [4.69, 9.17) is 4.74 Å². The van der Waals surface area contributed by atoms with E-state index < -0.39 is 5.41 Å². The number of benzene rings is 1. The predicted octanol–water partition coefficient (Wildman–Crippen LogP) is 3.20. The maximum Gasteiger partial charge on any atom is 0.316 e. The van der Waals surface area contributed by atoms with Crippen molar-refractivity contribution in [3.8, 4) is 0 Å². The lowest BCUT2D eigenvalue weighted by Crippen LogP contribution is -2.43. The molecule has 0 radical (unpaired) electrons. The normalized spacial score (nSPS) is 17.4. The van der Waals surface area contributed by atoms with E-state index in [-0.39, 0.29) is 5.97 Å². The summed E-state index contributed by atoms with van der Waals surface area (Å²) >= 11 is 1.67. The zero-order valence-corrected chi connectivity index (χ0v) is 11.3. The Morgan fingerprint density at radius 3 is 2.83 bits per heavy atom. The Balaban J connectivity index is 2.10. The molecule has 0 aliphatic heterocycles. The summed E-state index contributed by atoms with van der Waals surface area (Å²) in [5.41, 5.74) is 1.69. The number of hydrogen-bond donors (Lipinski definition) is 0. The summed E-state index contributed by atoms with van der Waals surface area (Å²) in [5, 5.41) is 1.06. The lowest BCUT2D eigenvalue weighted by Gasteiger charge is -2.39. The average Bonchev–Trinajstić information content (AvgIpc) is 2.66. The lowest BCUT2D eigenvalue weighted by molar-refractivity contribution is -0.151. The van der Waals surface area contributed by atoms with Crippen LogP contribution in [0.3, 0.4) is 0 Å². The number of carbonyl (C=O) groups excluding carboxylic acids is 1. The van der Waals surface area contributed by atoms with E-state index in [1.807, 2.05) is 19.1 Å². The summed E-state index contributed by atoms with van der Waals surface area (Å²) in [6, 6.07) is 6.14. The molecule has 0 saturated heterocycles. The van der Waals surface area contributed by atoms with Gasteiger partial charge in [0.05, 0.1) is 27.7 Å². The molecule has 1 saturated carbocycles.